The van der Waals surface area contributed by atoms with E-state index in [2.05, 4.69) is 10.2 Å². The number of halogens is 1. The lowest BCUT2D eigenvalue weighted by molar-refractivity contribution is -0.135. The van der Waals surface area contributed by atoms with E-state index in [1.807, 2.05) is 37.3 Å². The summed E-state index contributed by atoms with van der Waals surface area (Å²) in [5, 5.41) is 3.41. The van der Waals surface area contributed by atoms with E-state index in [9.17, 15) is 14.4 Å². The van der Waals surface area contributed by atoms with E-state index < -0.39 is 17.4 Å². The molecule has 0 bridgehead atoms. The van der Waals surface area contributed by atoms with Crippen LogP contribution in [0, 0.1) is 18.8 Å². The maximum atomic E-state index is 13.8. The first-order chi connectivity index (χ1) is 14.5. The van der Waals surface area contributed by atoms with Gasteiger partial charge in [-0.15, -0.1) is 0 Å². The van der Waals surface area contributed by atoms with Gasteiger partial charge >= 0.3 is 0 Å². The van der Waals surface area contributed by atoms with Crippen molar-refractivity contribution in [2.75, 3.05) is 16.8 Å². The lowest BCUT2D eigenvalue weighted by Gasteiger charge is -2.36. The molecule has 2 aromatic rings. The quantitative estimate of drug-likeness (QED) is 0.718. The van der Waals surface area contributed by atoms with Gasteiger partial charge in [-0.2, -0.15) is 0 Å². The molecule has 3 fully saturated rings. The summed E-state index contributed by atoms with van der Waals surface area (Å²) in [6, 6.07) is 12.6. The van der Waals surface area contributed by atoms with Gasteiger partial charge in [-0.1, -0.05) is 35.9 Å². The number of hydrogen-bond acceptors (Lipinski definition) is 4. The van der Waals surface area contributed by atoms with E-state index in [1.54, 1.807) is 12.1 Å². The molecule has 30 heavy (non-hydrogen) atoms. The Hall–Kier alpha value is -2.70. The number of hydrogen-bond donors (Lipinski definition) is 1. The summed E-state index contributed by atoms with van der Waals surface area (Å²) in [7, 11) is 0. The minimum Gasteiger partial charge on any atom is -0.323 e. The number of nitrogens with one attached hydrogen (secondary N) is 1. The molecule has 152 valence electrons. The molecule has 3 amide bonds. The van der Waals surface area contributed by atoms with E-state index >= 15 is 0 Å². The van der Waals surface area contributed by atoms with Crippen molar-refractivity contribution in [1.82, 2.24) is 4.90 Å². The molecule has 0 radical (unpaired) electrons. The number of para-hydroxylation sites is 1. The third kappa shape index (κ3) is 1.96. The standard InChI is InChI=1S/C23H20ClN3O3/c1-12-10-14-19(15(24)11-12)25-22(30)23(14)18-17(16-8-5-9-26(16)23)20(28)27(21(18)29)13-6-3-2-4-7-13/h2-4,6-7,10-11,16-18H,5,8-9H2,1H3,(H,25,30)/t16-,17+,18+,23-/m1/s1. The van der Waals surface area contributed by atoms with E-state index in [-0.39, 0.29) is 23.8 Å². The molecule has 0 unspecified atom stereocenters. The minimum atomic E-state index is -1.19. The van der Waals surface area contributed by atoms with E-state index in [4.69, 9.17) is 11.6 Å². The number of benzene rings is 2. The van der Waals surface area contributed by atoms with Crippen LogP contribution in [-0.2, 0) is 19.9 Å². The maximum Gasteiger partial charge on any atom is 0.250 e. The fraction of sp³-hybridized carbons (Fsp3) is 0.348. The third-order valence-electron chi connectivity index (χ3n) is 7.21. The van der Waals surface area contributed by atoms with Crippen molar-refractivity contribution in [3.63, 3.8) is 0 Å². The molecule has 0 aromatic heterocycles. The molecule has 6 rings (SSSR count). The average molecular weight is 422 g/mol. The van der Waals surface area contributed by atoms with Crippen LogP contribution in [0.3, 0.4) is 0 Å². The average Bonchev–Trinajstić information content (AvgIpc) is 3.42. The van der Waals surface area contributed by atoms with Crippen LogP contribution < -0.4 is 10.2 Å². The second-order valence-corrected chi connectivity index (χ2v) is 9.05. The zero-order chi connectivity index (χ0) is 20.8. The number of carbonyl (C=O) groups excluding carboxylic acids is 3. The Kier molecular flexibility index (Phi) is 3.58. The first-order valence-corrected chi connectivity index (χ1v) is 10.7. The number of aryl methyl sites for hydroxylation is 1. The summed E-state index contributed by atoms with van der Waals surface area (Å²) < 4.78 is 0. The van der Waals surface area contributed by atoms with Crippen LogP contribution >= 0.6 is 11.6 Å². The lowest BCUT2D eigenvalue weighted by Crippen LogP contribution is -2.54. The van der Waals surface area contributed by atoms with Gasteiger partial charge < -0.3 is 5.32 Å². The maximum absolute atomic E-state index is 13.8. The fourth-order valence-electron chi connectivity index (χ4n) is 6.23. The summed E-state index contributed by atoms with van der Waals surface area (Å²) in [6.45, 7) is 2.61. The van der Waals surface area contributed by atoms with Crippen LogP contribution in [0.15, 0.2) is 42.5 Å². The molecule has 2 aromatic carbocycles. The van der Waals surface area contributed by atoms with Crippen molar-refractivity contribution in [2.45, 2.75) is 31.3 Å². The molecule has 0 aliphatic carbocycles. The highest BCUT2D eigenvalue weighted by atomic mass is 35.5. The van der Waals surface area contributed by atoms with E-state index in [1.165, 1.54) is 4.90 Å². The number of fused-ring (bicyclic) bond motifs is 7. The van der Waals surface area contributed by atoms with Gasteiger partial charge in [0.25, 0.3) is 5.91 Å². The van der Waals surface area contributed by atoms with Gasteiger partial charge in [-0.05, 0) is 50.1 Å². The summed E-state index contributed by atoms with van der Waals surface area (Å²) in [5.74, 6) is -2.04. The van der Waals surface area contributed by atoms with Gasteiger partial charge in [0, 0.05) is 11.6 Å². The highest BCUT2D eigenvalue weighted by molar-refractivity contribution is 6.35. The van der Waals surface area contributed by atoms with Crippen molar-refractivity contribution < 1.29 is 14.4 Å². The van der Waals surface area contributed by atoms with Crippen LogP contribution in [0.4, 0.5) is 11.4 Å². The molecule has 4 atom stereocenters. The molecular weight excluding hydrogens is 402 g/mol. The molecule has 4 aliphatic heterocycles. The topological polar surface area (TPSA) is 69.7 Å². The monoisotopic (exact) mass is 421 g/mol. The number of rotatable bonds is 1. The Morgan fingerprint density at radius 3 is 2.63 bits per heavy atom. The highest BCUT2D eigenvalue weighted by Crippen LogP contribution is 2.61. The Balaban J connectivity index is 1.59. The number of imide groups is 1. The number of anilines is 2. The SMILES string of the molecule is Cc1cc(Cl)c2c(c1)[C@]1(C(=O)N2)[C@@H]2C(=O)N(c3ccccc3)C(=O)[C@H]2[C@H]2CCCN21. The molecule has 0 saturated carbocycles. The summed E-state index contributed by atoms with van der Waals surface area (Å²) in [6.07, 6.45) is 1.69. The zero-order valence-electron chi connectivity index (χ0n) is 16.4. The highest BCUT2D eigenvalue weighted by Gasteiger charge is 2.74. The van der Waals surface area contributed by atoms with Crippen molar-refractivity contribution >= 4 is 40.7 Å². The van der Waals surface area contributed by atoms with Crippen molar-refractivity contribution in [3.8, 4) is 0 Å². The van der Waals surface area contributed by atoms with Crippen LogP contribution in [0.2, 0.25) is 5.02 Å². The van der Waals surface area contributed by atoms with Gasteiger partial charge in [0.05, 0.1) is 28.2 Å². The molecule has 4 aliphatic rings. The second-order valence-electron chi connectivity index (χ2n) is 8.64. The van der Waals surface area contributed by atoms with Gasteiger partial charge in [0.1, 0.15) is 5.54 Å². The number of carbonyl (C=O) groups is 3. The summed E-state index contributed by atoms with van der Waals surface area (Å²) in [5.41, 5.74) is 1.59. The fourth-order valence-corrected chi connectivity index (χ4v) is 6.55. The van der Waals surface area contributed by atoms with E-state index in [0.29, 0.717) is 22.9 Å². The first kappa shape index (κ1) is 18.1. The van der Waals surface area contributed by atoms with Gasteiger partial charge in [0.2, 0.25) is 11.8 Å². The van der Waals surface area contributed by atoms with E-state index in [0.717, 1.165) is 24.0 Å². The second kappa shape index (κ2) is 5.93. The van der Waals surface area contributed by atoms with Crippen LogP contribution in [0.1, 0.15) is 24.0 Å². The normalized spacial score (nSPS) is 32.0. The van der Waals surface area contributed by atoms with Crippen molar-refractivity contribution in [3.05, 3.63) is 58.6 Å². The summed E-state index contributed by atoms with van der Waals surface area (Å²) in [4.78, 5) is 44.3. The van der Waals surface area contributed by atoms with Gasteiger partial charge in [-0.25, -0.2) is 4.90 Å². The molecular formula is C23H20ClN3O3. The van der Waals surface area contributed by atoms with Gasteiger partial charge in [-0.3, -0.25) is 19.3 Å². The Bertz CT molecular complexity index is 1130. The van der Waals surface area contributed by atoms with Crippen molar-refractivity contribution in [1.29, 1.82) is 0 Å². The molecule has 3 saturated heterocycles. The number of nitrogens with zero attached hydrogens (tertiary/aromatic N) is 2. The molecule has 1 spiro atoms. The predicted octanol–water partition coefficient (Wildman–Crippen LogP) is 3.08. The van der Waals surface area contributed by atoms with Crippen LogP contribution in [0.25, 0.3) is 0 Å². The third-order valence-corrected chi connectivity index (χ3v) is 7.51. The van der Waals surface area contributed by atoms with Crippen LogP contribution in [-0.4, -0.2) is 35.2 Å². The molecule has 1 N–H and O–H groups in total. The molecule has 4 heterocycles. The van der Waals surface area contributed by atoms with Crippen LogP contribution in [0.5, 0.6) is 0 Å². The minimum absolute atomic E-state index is 0.129. The Morgan fingerprint density at radius 2 is 1.87 bits per heavy atom. The first-order valence-electron chi connectivity index (χ1n) is 10.3. The Morgan fingerprint density at radius 1 is 1.10 bits per heavy atom. The van der Waals surface area contributed by atoms with Crippen molar-refractivity contribution in [2.24, 2.45) is 11.8 Å². The lowest BCUT2D eigenvalue weighted by atomic mass is 9.75. The molecule has 7 heteroatoms. The number of amides is 3. The zero-order valence-corrected chi connectivity index (χ0v) is 17.1. The Labute approximate surface area is 178 Å². The largest absolute Gasteiger partial charge is 0.323 e. The smallest absolute Gasteiger partial charge is 0.250 e. The molecule has 6 nitrogen and oxygen atoms in total. The van der Waals surface area contributed by atoms with Gasteiger partial charge in [0.15, 0.2) is 0 Å². The summed E-state index contributed by atoms with van der Waals surface area (Å²) >= 11 is 6.48. The predicted molar refractivity (Wildman–Crippen MR) is 112 cm³/mol.